The van der Waals surface area contributed by atoms with E-state index in [1.54, 1.807) is 7.11 Å². The summed E-state index contributed by atoms with van der Waals surface area (Å²) < 4.78 is 5.00. The van der Waals surface area contributed by atoms with E-state index in [4.69, 9.17) is 4.74 Å². The Morgan fingerprint density at radius 3 is 3.17 bits per heavy atom. The van der Waals surface area contributed by atoms with Gasteiger partial charge in [-0.15, -0.1) is 0 Å². The van der Waals surface area contributed by atoms with Crippen LogP contribution in [0.3, 0.4) is 0 Å². The molecule has 0 fully saturated rings. The molecule has 1 amide bonds. The molecule has 2 rings (SSSR count). The summed E-state index contributed by atoms with van der Waals surface area (Å²) in [4.78, 5) is 12.0. The maximum Gasteiger partial charge on any atom is 0.251 e. The Hall–Kier alpha value is -1.55. The Morgan fingerprint density at radius 1 is 1.56 bits per heavy atom. The summed E-state index contributed by atoms with van der Waals surface area (Å²) in [7, 11) is 1.67. The molecule has 0 saturated heterocycles. The molecule has 0 bridgehead atoms. The molecule has 1 aliphatic heterocycles. The quantitative estimate of drug-likeness (QED) is 0.835. The SMILES string of the molecule is COCCC(C)NC(=O)c1ccc2c(c1)CCN2. The van der Waals surface area contributed by atoms with Crippen LogP contribution in [0.25, 0.3) is 0 Å². The van der Waals surface area contributed by atoms with Crippen LogP contribution in [0.1, 0.15) is 29.3 Å². The number of anilines is 1. The second-order valence-electron chi connectivity index (χ2n) is 4.70. The number of nitrogens with one attached hydrogen (secondary N) is 2. The van der Waals surface area contributed by atoms with Gasteiger partial charge in [0.1, 0.15) is 0 Å². The van der Waals surface area contributed by atoms with E-state index in [9.17, 15) is 4.79 Å². The zero-order chi connectivity index (χ0) is 13.0. The number of methoxy groups -OCH3 is 1. The predicted octanol–water partition coefficient (Wildman–Crippen LogP) is 1.81. The topological polar surface area (TPSA) is 50.4 Å². The van der Waals surface area contributed by atoms with Crippen molar-refractivity contribution in [1.29, 1.82) is 0 Å². The van der Waals surface area contributed by atoms with Crippen molar-refractivity contribution in [2.45, 2.75) is 25.8 Å². The molecule has 0 spiro atoms. The summed E-state index contributed by atoms with van der Waals surface area (Å²) in [5.74, 6) is -0.00620. The van der Waals surface area contributed by atoms with Gasteiger partial charge in [-0.25, -0.2) is 0 Å². The monoisotopic (exact) mass is 248 g/mol. The van der Waals surface area contributed by atoms with Gasteiger partial charge in [0, 0.05) is 37.6 Å². The second-order valence-corrected chi connectivity index (χ2v) is 4.70. The Balaban J connectivity index is 1.96. The van der Waals surface area contributed by atoms with Crippen LogP contribution in [0.5, 0.6) is 0 Å². The molecule has 1 unspecified atom stereocenters. The summed E-state index contributed by atoms with van der Waals surface area (Å²) in [6.07, 6.45) is 1.82. The van der Waals surface area contributed by atoms with E-state index < -0.39 is 0 Å². The van der Waals surface area contributed by atoms with Gasteiger partial charge < -0.3 is 15.4 Å². The lowest BCUT2D eigenvalue weighted by Gasteiger charge is -2.13. The summed E-state index contributed by atoms with van der Waals surface area (Å²) in [6, 6.07) is 5.96. The maximum atomic E-state index is 12.0. The van der Waals surface area contributed by atoms with Crippen molar-refractivity contribution in [3.63, 3.8) is 0 Å². The highest BCUT2D eigenvalue weighted by Crippen LogP contribution is 2.22. The van der Waals surface area contributed by atoms with Crippen molar-refractivity contribution in [2.24, 2.45) is 0 Å². The first-order valence-corrected chi connectivity index (χ1v) is 6.37. The van der Waals surface area contributed by atoms with Crippen LogP contribution < -0.4 is 10.6 Å². The number of hydrogen-bond donors (Lipinski definition) is 2. The van der Waals surface area contributed by atoms with Gasteiger partial charge in [0.2, 0.25) is 0 Å². The van der Waals surface area contributed by atoms with Crippen LogP contribution in [-0.4, -0.2) is 32.2 Å². The van der Waals surface area contributed by atoms with E-state index in [0.29, 0.717) is 6.61 Å². The number of amides is 1. The third-order valence-corrected chi connectivity index (χ3v) is 3.21. The maximum absolute atomic E-state index is 12.0. The molecule has 0 aromatic heterocycles. The number of fused-ring (bicyclic) bond motifs is 1. The number of rotatable bonds is 5. The Bertz CT molecular complexity index is 432. The fourth-order valence-corrected chi connectivity index (χ4v) is 2.12. The van der Waals surface area contributed by atoms with E-state index in [2.05, 4.69) is 10.6 Å². The van der Waals surface area contributed by atoms with Crippen LogP contribution in [0, 0.1) is 0 Å². The highest BCUT2D eigenvalue weighted by molar-refractivity contribution is 5.95. The molecule has 4 heteroatoms. The van der Waals surface area contributed by atoms with Crippen molar-refractivity contribution in [3.8, 4) is 0 Å². The molecular formula is C14H20N2O2. The Labute approximate surface area is 108 Å². The molecular weight excluding hydrogens is 228 g/mol. The van der Waals surface area contributed by atoms with Gasteiger partial charge >= 0.3 is 0 Å². The number of benzene rings is 1. The number of hydrogen-bond acceptors (Lipinski definition) is 3. The first-order chi connectivity index (χ1) is 8.70. The minimum Gasteiger partial charge on any atom is -0.385 e. The van der Waals surface area contributed by atoms with E-state index in [0.717, 1.165) is 30.6 Å². The van der Waals surface area contributed by atoms with Crippen molar-refractivity contribution in [3.05, 3.63) is 29.3 Å². The summed E-state index contributed by atoms with van der Waals surface area (Å²) in [5.41, 5.74) is 3.12. The van der Waals surface area contributed by atoms with Crippen LogP contribution in [-0.2, 0) is 11.2 Å². The number of ether oxygens (including phenoxy) is 1. The molecule has 4 nitrogen and oxygen atoms in total. The highest BCUT2D eigenvalue weighted by Gasteiger charge is 2.14. The number of carbonyl (C=O) groups is 1. The van der Waals surface area contributed by atoms with Gasteiger partial charge in [0.25, 0.3) is 5.91 Å². The van der Waals surface area contributed by atoms with Gasteiger partial charge in [-0.05, 0) is 43.5 Å². The molecule has 0 radical (unpaired) electrons. The molecule has 1 aromatic rings. The molecule has 1 heterocycles. The molecule has 1 atom stereocenters. The minimum atomic E-state index is -0.00620. The molecule has 98 valence electrons. The fraction of sp³-hybridized carbons (Fsp3) is 0.500. The van der Waals surface area contributed by atoms with Crippen molar-refractivity contribution >= 4 is 11.6 Å². The lowest BCUT2D eigenvalue weighted by Crippen LogP contribution is -2.33. The normalized spacial score (nSPS) is 14.8. The van der Waals surface area contributed by atoms with E-state index in [1.165, 1.54) is 5.56 Å². The Morgan fingerprint density at radius 2 is 2.39 bits per heavy atom. The molecule has 0 saturated carbocycles. The van der Waals surface area contributed by atoms with Crippen molar-refractivity contribution in [2.75, 3.05) is 25.6 Å². The molecule has 2 N–H and O–H groups in total. The van der Waals surface area contributed by atoms with Crippen LogP contribution in [0.4, 0.5) is 5.69 Å². The van der Waals surface area contributed by atoms with E-state index in [1.807, 2.05) is 25.1 Å². The average molecular weight is 248 g/mol. The lowest BCUT2D eigenvalue weighted by molar-refractivity contribution is 0.0929. The number of carbonyl (C=O) groups excluding carboxylic acids is 1. The summed E-state index contributed by atoms with van der Waals surface area (Å²) >= 11 is 0. The molecule has 1 aromatic carbocycles. The van der Waals surface area contributed by atoms with Gasteiger partial charge in [-0.1, -0.05) is 0 Å². The average Bonchev–Trinajstić information content (AvgIpc) is 2.83. The predicted molar refractivity (Wildman–Crippen MR) is 72.1 cm³/mol. The zero-order valence-corrected chi connectivity index (χ0v) is 11.0. The van der Waals surface area contributed by atoms with Crippen LogP contribution in [0.2, 0.25) is 0 Å². The smallest absolute Gasteiger partial charge is 0.251 e. The van der Waals surface area contributed by atoms with E-state index >= 15 is 0 Å². The zero-order valence-electron chi connectivity index (χ0n) is 11.0. The van der Waals surface area contributed by atoms with Crippen molar-refractivity contribution in [1.82, 2.24) is 5.32 Å². The largest absolute Gasteiger partial charge is 0.385 e. The van der Waals surface area contributed by atoms with Gasteiger partial charge in [0.15, 0.2) is 0 Å². The molecule has 0 aliphatic carbocycles. The standard InChI is InChI=1S/C14H20N2O2/c1-10(6-8-18-2)16-14(17)12-3-4-13-11(9-12)5-7-15-13/h3-4,9-10,15H,5-8H2,1-2H3,(H,16,17). The molecule has 18 heavy (non-hydrogen) atoms. The first kappa shape index (κ1) is 12.9. The molecule has 1 aliphatic rings. The minimum absolute atomic E-state index is 0.00620. The summed E-state index contributed by atoms with van der Waals surface area (Å²) in [5, 5.41) is 6.27. The Kier molecular flexibility index (Phi) is 4.20. The van der Waals surface area contributed by atoms with Crippen LogP contribution in [0.15, 0.2) is 18.2 Å². The lowest BCUT2D eigenvalue weighted by atomic mass is 10.1. The summed E-state index contributed by atoms with van der Waals surface area (Å²) in [6.45, 7) is 3.62. The third-order valence-electron chi connectivity index (χ3n) is 3.21. The highest BCUT2D eigenvalue weighted by atomic mass is 16.5. The first-order valence-electron chi connectivity index (χ1n) is 6.37. The second kappa shape index (κ2) is 5.87. The fourth-order valence-electron chi connectivity index (χ4n) is 2.12. The van der Waals surface area contributed by atoms with Crippen molar-refractivity contribution < 1.29 is 9.53 Å². The van der Waals surface area contributed by atoms with Gasteiger partial charge in [0.05, 0.1) is 0 Å². The van der Waals surface area contributed by atoms with Gasteiger partial charge in [-0.3, -0.25) is 4.79 Å². The van der Waals surface area contributed by atoms with Crippen LogP contribution >= 0.6 is 0 Å². The third kappa shape index (κ3) is 3.01. The van der Waals surface area contributed by atoms with E-state index in [-0.39, 0.29) is 11.9 Å². The van der Waals surface area contributed by atoms with Gasteiger partial charge in [-0.2, -0.15) is 0 Å².